The topological polar surface area (TPSA) is 58.2 Å². The van der Waals surface area contributed by atoms with Gasteiger partial charge in [0.2, 0.25) is 11.8 Å². The average molecular weight is 282 g/mol. The van der Waals surface area contributed by atoms with Gasteiger partial charge < -0.3 is 10.6 Å². The fourth-order valence-electron chi connectivity index (χ4n) is 1.13. The summed E-state index contributed by atoms with van der Waals surface area (Å²) in [5, 5.41) is 4.74. The second kappa shape index (κ2) is 6.57. The standard InChI is InChI=1S/C10H17F3N2O2Si/c1-4-8(16)15-10(2,3)9(17)14-6-5-7-18(11,12)13/h4H,1,5-7H2,2-3H3,(H,14,17)(H,15,16). The first kappa shape index (κ1) is 16.7. The third kappa shape index (κ3) is 7.10. The van der Waals surface area contributed by atoms with Crippen molar-refractivity contribution in [3.05, 3.63) is 12.7 Å². The molecule has 2 N–H and O–H groups in total. The molecule has 0 bridgehead atoms. The van der Waals surface area contributed by atoms with Crippen LogP contribution >= 0.6 is 0 Å². The first-order valence-corrected chi connectivity index (χ1v) is 7.22. The Labute approximate surface area is 105 Å². The van der Waals surface area contributed by atoms with Crippen molar-refractivity contribution in [2.75, 3.05) is 6.54 Å². The molecule has 0 spiro atoms. The molecule has 0 saturated carbocycles. The Hall–Kier alpha value is -1.31. The van der Waals surface area contributed by atoms with Gasteiger partial charge in [-0.3, -0.25) is 9.59 Å². The summed E-state index contributed by atoms with van der Waals surface area (Å²) < 4.78 is 36.0. The number of amides is 2. The minimum absolute atomic E-state index is 0.0568. The van der Waals surface area contributed by atoms with Crippen molar-refractivity contribution in [1.29, 1.82) is 0 Å². The zero-order valence-corrected chi connectivity index (χ0v) is 11.4. The van der Waals surface area contributed by atoms with Gasteiger partial charge in [-0.2, -0.15) is 0 Å². The second-order valence-corrected chi connectivity index (χ2v) is 6.02. The fourth-order valence-corrected chi connectivity index (χ4v) is 1.71. The Kier molecular flexibility index (Phi) is 6.09. The molecule has 104 valence electrons. The van der Waals surface area contributed by atoms with Crippen LogP contribution in [-0.2, 0) is 9.59 Å². The summed E-state index contributed by atoms with van der Waals surface area (Å²) in [6.07, 6.45) is 0.886. The van der Waals surface area contributed by atoms with Crippen LogP contribution < -0.4 is 10.6 Å². The highest BCUT2D eigenvalue weighted by Crippen LogP contribution is 2.16. The maximum Gasteiger partial charge on any atom is 0.616 e. The van der Waals surface area contributed by atoms with E-state index >= 15 is 0 Å². The van der Waals surface area contributed by atoms with Gasteiger partial charge in [0.15, 0.2) is 0 Å². The Bertz CT molecular complexity index is 330. The summed E-state index contributed by atoms with van der Waals surface area (Å²) in [5.74, 6) is -1.04. The lowest BCUT2D eigenvalue weighted by molar-refractivity contribution is -0.130. The molecule has 0 rings (SSSR count). The van der Waals surface area contributed by atoms with Crippen LogP contribution in [0.25, 0.3) is 0 Å². The number of carbonyl (C=O) groups is 2. The van der Waals surface area contributed by atoms with Crippen LogP contribution in [0.15, 0.2) is 12.7 Å². The van der Waals surface area contributed by atoms with Crippen molar-refractivity contribution in [2.45, 2.75) is 31.9 Å². The zero-order valence-electron chi connectivity index (χ0n) is 10.4. The minimum Gasteiger partial charge on any atom is -0.354 e. The molecular weight excluding hydrogens is 265 g/mol. The van der Waals surface area contributed by atoms with Gasteiger partial charge in [-0.05, 0) is 26.3 Å². The molecule has 0 aromatic heterocycles. The first-order chi connectivity index (χ1) is 8.08. The SMILES string of the molecule is C=CC(=O)NC(C)(C)C(=O)NCCC[Si](F)(F)F. The highest BCUT2D eigenvalue weighted by molar-refractivity contribution is 6.58. The normalized spacial score (nSPS) is 11.8. The van der Waals surface area contributed by atoms with Crippen molar-refractivity contribution in [3.63, 3.8) is 0 Å². The first-order valence-electron chi connectivity index (χ1n) is 5.38. The van der Waals surface area contributed by atoms with E-state index in [4.69, 9.17) is 0 Å². The summed E-state index contributed by atoms with van der Waals surface area (Å²) >= 11 is 0. The Morgan fingerprint density at radius 2 is 1.89 bits per heavy atom. The zero-order chi connectivity index (χ0) is 14.4. The summed E-state index contributed by atoms with van der Waals surface area (Å²) in [6.45, 7) is 6.11. The Balaban J connectivity index is 4.08. The molecule has 4 nitrogen and oxygen atoms in total. The van der Waals surface area contributed by atoms with Crippen LogP contribution in [0.2, 0.25) is 6.04 Å². The van der Waals surface area contributed by atoms with Gasteiger partial charge in [0, 0.05) is 12.6 Å². The van der Waals surface area contributed by atoms with Gasteiger partial charge in [0.05, 0.1) is 0 Å². The summed E-state index contributed by atoms with van der Waals surface area (Å²) in [7, 11) is -5.54. The molecule has 2 amide bonds. The predicted molar refractivity (Wildman–Crippen MR) is 63.9 cm³/mol. The Morgan fingerprint density at radius 3 is 2.33 bits per heavy atom. The van der Waals surface area contributed by atoms with Crippen LogP contribution in [0.4, 0.5) is 12.3 Å². The molecule has 0 radical (unpaired) electrons. The maximum absolute atomic E-state index is 12.0. The van der Waals surface area contributed by atoms with E-state index in [1.165, 1.54) is 13.8 Å². The molecule has 0 aromatic rings. The van der Waals surface area contributed by atoms with Gasteiger partial charge >= 0.3 is 9.08 Å². The molecule has 0 atom stereocenters. The molecule has 8 heteroatoms. The molecule has 0 aliphatic heterocycles. The predicted octanol–water partition coefficient (Wildman–Crippen LogP) is 1.42. The smallest absolute Gasteiger partial charge is 0.354 e. The number of hydrogen-bond donors (Lipinski definition) is 2. The number of hydrogen-bond acceptors (Lipinski definition) is 2. The number of carbonyl (C=O) groups excluding carboxylic acids is 2. The number of halogens is 3. The van der Waals surface area contributed by atoms with E-state index in [1.807, 2.05) is 0 Å². The molecule has 0 aromatic carbocycles. The Morgan fingerprint density at radius 1 is 1.33 bits per heavy atom. The lowest BCUT2D eigenvalue weighted by Crippen LogP contribution is -2.54. The van der Waals surface area contributed by atoms with Crippen LogP contribution in [0, 0.1) is 0 Å². The summed E-state index contributed by atoms with van der Waals surface area (Å²) in [4.78, 5) is 22.7. The van der Waals surface area contributed by atoms with Crippen LogP contribution in [0.5, 0.6) is 0 Å². The second-order valence-electron chi connectivity index (χ2n) is 4.29. The number of rotatable bonds is 7. The van der Waals surface area contributed by atoms with E-state index in [9.17, 15) is 21.9 Å². The molecule has 0 aliphatic rings. The quantitative estimate of drug-likeness (QED) is 0.321. The molecule has 0 heterocycles. The summed E-state index contributed by atoms with van der Waals surface area (Å²) in [6, 6.07) is -0.813. The third-order valence-electron chi connectivity index (χ3n) is 2.11. The van der Waals surface area contributed by atoms with Crippen molar-refractivity contribution in [3.8, 4) is 0 Å². The maximum atomic E-state index is 12.0. The van der Waals surface area contributed by atoms with Gasteiger partial charge in [0.25, 0.3) is 0 Å². The van der Waals surface area contributed by atoms with Crippen LogP contribution in [0.3, 0.4) is 0 Å². The number of nitrogens with one attached hydrogen (secondary N) is 2. The summed E-state index contributed by atoms with van der Waals surface area (Å²) in [5.41, 5.74) is -1.18. The highest BCUT2D eigenvalue weighted by atomic mass is 28.5. The molecule has 0 fully saturated rings. The van der Waals surface area contributed by atoms with Gasteiger partial charge in [0.1, 0.15) is 5.54 Å². The largest absolute Gasteiger partial charge is 0.616 e. The third-order valence-corrected chi connectivity index (χ3v) is 3.03. The van der Waals surface area contributed by atoms with Crippen LogP contribution in [-0.4, -0.2) is 33.0 Å². The van der Waals surface area contributed by atoms with Gasteiger partial charge in [-0.25, -0.2) is 12.3 Å². The molecule has 0 unspecified atom stereocenters. The molecule has 18 heavy (non-hydrogen) atoms. The lowest BCUT2D eigenvalue weighted by Gasteiger charge is -2.24. The average Bonchev–Trinajstić information content (AvgIpc) is 2.21. The molecule has 0 saturated heterocycles. The van der Waals surface area contributed by atoms with Crippen molar-refractivity contribution < 1.29 is 21.9 Å². The molecular formula is C10H17F3N2O2Si. The van der Waals surface area contributed by atoms with E-state index < -0.39 is 32.5 Å². The fraction of sp³-hybridized carbons (Fsp3) is 0.600. The van der Waals surface area contributed by atoms with E-state index in [0.29, 0.717) is 0 Å². The van der Waals surface area contributed by atoms with Gasteiger partial charge in [-0.15, -0.1) is 0 Å². The highest BCUT2D eigenvalue weighted by Gasteiger charge is 2.35. The van der Waals surface area contributed by atoms with E-state index in [2.05, 4.69) is 17.2 Å². The van der Waals surface area contributed by atoms with E-state index in [1.54, 1.807) is 0 Å². The van der Waals surface area contributed by atoms with Crippen molar-refractivity contribution >= 4 is 20.9 Å². The van der Waals surface area contributed by atoms with E-state index in [-0.39, 0.29) is 13.0 Å². The lowest BCUT2D eigenvalue weighted by atomic mass is 10.0. The van der Waals surface area contributed by atoms with Gasteiger partial charge in [-0.1, -0.05) is 6.58 Å². The van der Waals surface area contributed by atoms with Crippen molar-refractivity contribution in [2.24, 2.45) is 0 Å². The van der Waals surface area contributed by atoms with E-state index in [0.717, 1.165) is 6.08 Å². The monoisotopic (exact) mass is 282 g/mol. The minimum atomic E-state index is -5.54. The van der Waals surface area contributed by atoms with Crippen molar-refractivity contribution in [1.82, 2.24) is 10.6 Å². The van der Waals surface area contributed by atoms with Crippen LogP contribution in [0.1, 0.15) is 20.3 Å². The molecule has 0 aliphatic carbocycles.